The fraction of sp³-hybridized carbons (Fsp3) is 0.440. The summed E-state index contributed by atoms with van der Waals surface area (Å²) in [7, 11) is -3.48. The van der Waals surface area contributed by atoms with E-state index in [1.54, 1.807) is 17.0 Å². The first-order valence-electron chi connectivity index (χ1n) is 11.7. The van der Waals surface area contributed by atoms with Crippen LogP contribution in [0.25, 0.3) is 0 Å². The number of rotatable bonds is 7. The van der Waals surface area contributed by atoms with Crippen LogP contribution >= 0.6 is 0 Å². The molecule has 2 heterocycles. The Bertz CT molecular complexity index is 1060. The molecule has 0 radical (unpaired) electrons. The Morgan fingerprint density at radius 3 is 2.15 bits per heavy atom. The molecule has 0 bridgehead atoms. The number of carbonyl (C=O) groups is 2. The number of carbonyl (C=O) groups excluding carboxylic acids is 2. The molecule has 1 N–H and O–H groups in total. The number of nitrogens with one attached hydrogen (secondary N) is 1. The van der Waals surface area contributed by atoms with E-state index in [1.165, 1.54) is 16.4 Å². The van der Waals surface area contributed by atoms with Gasteiger partial charge in [-0.05, 0) is 61.9 Å². The van der Waals surface area contributed by atoms with Gasteiger partial charge in [0.15, 0.2) is 0 Å². The van der Waals surface area contributed by atoms with Crippen LogP contribution in [0.1, 0.15) is 48.0 Å². The molecular weight excluding hydrogens is 438 g/mol. The molecule has 0 aromatic heterocycles. The summed E-state index contributed by atoms with van der Waals surface area (Å²) < 4.78 is 26.8. The van der Waals surface area contributed by atoms with Crippen molar-refractivity contribution in [2.45, 2.75) is 49.5 Å². The molecule has 0 aliphatic carbocycles. The van der Waals surface area contributed by atoms with E-state index >= 15 is 0 Å². The SMILES string of the molecule is O=C(CCc1ccccc1)NC1CCN(C(=O)c2ccc(S(=O)(=O)N3CCCC3)cc2)CC1. The summed E-state index contributed by atoms with van der Waals surface area (Å²) in [6.45, 7) is 2.24. The zero-order valence-electron chi connectivity index (χ0n) is 18.8. The number of sulfonamides is 1. The summed E-state index contributed by atoms with van der Waals surface area (Å²) in [5.41, 5.74) is 1.63. The van der Waals surface area contributed by atoms with Crippen molar-refractivity contribution in [1.29, 1.82) is 0 Å². The minimum atomic E-state index is -3.48. The van der Waals surface area contributed by atoms with Gasteiger partial charge in [-0.15, -0.1) is 0 Å². The normalized spacial score (nSPS) is 17.8. The molecule has 2 amide bonds. The number of aryl methyl sites for hydroxylation is 1. The van der Waals surface area contributed by atoms with Crippen molar-refractivity contribution in [3.05, 3.63) is 65.7 Å². The van der Waals surface area contributed by atoms with E-state index in [0.29, 0.717) is 57.4 Å². The summed E-state index contributed by atoms with van der Waals surface area (Å²) >= 11 is 0. The van der Waals surface area contributed by atoms with Crippen LogP contribution in [0.2, 0.25) is 0 Å². The number of likely N-dealkylation sites (tertiary alicyclic amines) is 1. The molecule has 0 unspecified atom stereocenters. The minimum Gasteiger partial charge on any atom is -0.353 e. The molecule has 0 saturated carbocycles. The van der Waals surface area contributed by atoms with Crippen molar-refractivity contribution in [3.8, 4) is 0 Å². The highest BCUT2D eigenvalue weighted by Crippen LogP contribution is 2.22. The van der Waals surface area contributed by atoms with Crippen LogP contribution in [0, 0.1) is 0 Å². The van der Waals surface area contributed by atoms with Crippen LogP contribution < -0.4 is 5.32 Å². The van der Waals surface area contributed by atoms with Crippen LogP contribution in [0.3, 0.4) is 0 Å². The topological polar surface area (TPSA) is 86.8 Å². The Labute approximate surface area is 195 Å². The average Bonchev–Trinajstić information content (AvgIpc) is 3.40. The minimum absolute atomic E-state index is 0.0402. The molecule has 0 spiro atoms. The van der Waals surface area contributed by atoms with Gasteiger partial charge in [-0.2, -0.15) is 4.31 Å². The lowest BCUT2D eigenvalue weighted by Crippen LogP contribution is -2.46. The lowest BCUT2D eigenvalue weighted by atomic mass is 10.0. The molecule has 4 rings (SSSR count). The highest BCUT2D eigenvalue weighted by atomic mass is 32.2. The second-order valence-electron chi connectivity index (χ2n) is 8.76. The summed E-state index contributed by atoms with van der Waals surface area (Å²) in [5.74, 6) is -0.0626. The Balaban J connectivity index is 1.25. The zero-order chi connectivity index (χ0) is 23.3. The molecule has 8 heteroatoms. The summed E-state index contributed by atoms with van der Waals surface area (Å²) in [6, 6.07) is 16.3. The van der Waals surface area contributed by atoms with Crippen LogP contribution in [0.15, 0.2) is 59.5 Å². The first-order chi connectivity index (χ1) is 15.9. The van der Waals surface area contributed by atoms with E-state index in [9.17, 15) is 18.0 Å². The van der Waals surface area contributed by atoms with E-state index in [1.807, 2.05) is 30.3 Å². The van der Waals surface area contributed by atoms with Crippen molar-refractivity contribution in [3.63, 3.8) is 0 Å². The Morgan fingerprint density at radius 1 is 0.879 bits per heavy atom. The number of benzene rings is 2. The lowest BCUT2D eigenvalue weighted by molar-refractivity contribution is -0.122. The van der Waals surface area contributed by atoms with Gasteiger partial charge in [0.05, 0.1) is 4.90 Å². The second-order valence-corrected chi connectivity index (χ2v) is 10.7. The van der Waals surface area contributed by atoms with Crippen molar-refractivity contribution in [1.82, 2.24) is 14.5 Å². The molecule has 2 aromatic carbocycles. The number of hydrogen-bond donors (Lipinski definition) is 1. The fourth-order valence-corrected chi connectivity index (χ4v) is 5.98. The maximum absolute atomic E-state index is 12.9. The van der Waals surface area contributed by atoms with Crippen LogP contribution in [0.4, 0.5) is 0 Å². The van der Waals surface area contributed by atoms with Gasteiger partial charge in [0, 0.05) is 44.2 Å². The number of amides is 2. The Hall–Kier alpha value is -2.71. The van der Waals surface area contributed by atoms with Crippen molar-refractivity contribution in [2.24, 2.45) is 0 Å². The molecule has 2 aliphatic heterocycles. The standard InChI is InChI=1S/C25H31N3O4S/c29-24(13-8-20-6-2-1-3-7-20)26-22-14-18-27(19-15-22)25(30)21-9-11-23(12-10-21)33(31,32)28-16-4-5-17-28/h1-3,6-7,9-12,22H,4-5,8,13-19H2,(H,26,29). The van der Waals surface area contributed by atoms with Gasteiger partial charge < -0.3 is 10.2 Å². The largest absolute Gasteiger partial charge is 0.353 e. The smallest absolute Gasteiger partial charge is 0.253 e. The maximum Gasteiger partial charge on any atom is 0.253 e. The van der Waals surface area contributed by atoms with Crippen molar-refractivity contribution >= 4 is 21.8 Å². The lowest BCUT2D eigenvalue weighted by Gasteiger charge is -2.32. The Morgan fingerprint density at radius 2 is 1.52 bits per heavy atom. The average molecular weight is 470 g/mol. The van der Waals surface area contributed by atoms with Gasteiger partial charge in [0.2, 0.25) is 15.9 Å². The molecule has 2 saturated heterocycles. The molecule has 2 aromatic rings. The molecule has 2 aliphatic rings. The molecular formula is C25H31N3O4S. The Kier molecular flexibility index (Phi) is 7.45. The fourth-order valence-electron chi connectivity index (χ4n) is 4.46. The van der Waals surface area contributed by atoms with E-state index in [2.05, 4.69) is 5.32 Å². The van der Waals surface area contributed by atoms with Gasteiger partial charge in [0.25, 0.3) is 5.91 Å². The number of hydrogen-bond acceptors (Lipinski definition) is 4. The number of piperidine rings is 1. The second kappa shape index (κ2) is 10.5. The van der Waals surface area contributed by atoms with Gasteiger partial charge >= 0.3 is 0 Å². The van der Waals surface area contributed by atoms with E-state index in [-0.39, 0.29) is 22.8 Å². The molecule has 176 valence electrons. The molecule has 7 nitrogen and oxygen atoms in total. The third-order valence-corrected chi connectivity index (χ3v) is 8.35. The van der Waals surface area contributed by atoms with E-state index in [4.69, 9.17) is 0 Å². The predicted octanol–water partition coefficient (Wildman–Crippen LogP) is 2.82. The third-order valence-electron chi connectivity index (χ3n) is 6.43. The van der Waals surface area contributed by atoms with Crippen LogP contribution in [-0.2, 0) is 21.2 Å². The molecule has 33 heavy (non-hydrogen) atoms. The quantitative estimate of drug-likeness (QED) is 0.676. The summed E-state index contributed by atoms with van der Waals surface area (Å²) in [6.07, 6.45) is 4.37. The predicted molar refractivity (Wildman–Crippen MR) is 126 cm³/mol. The molecule has 2 fully saturated rings. The van der Waals surface area contributed by atoms with E-state index < -0.39 is 10.0 Å². The van der Waals surface area contributed by atoms with Gasteiger partial charge in [-0.3, -0.25) is 9.59 Å². The van der Waals surface area contributed by atoms with Gasteiger partial charge in [0.1, 0.15) is 0 Å². The van der Waals surface area contributed by atoms with Crippen LogP contribution in [0.5, 0.6) is 0 Å². The number of nitrogens with zero attached hydrogens (tertiary/aromatic N) is 2. The first-order valence-corrected chi connectivity index (χ1v) is 13.1. The first kappa shape index (κ1) is 23.4. The highest BCUT2D eigenvalue weighted by Gasteiger charge is 2.28. The van der Waals surface area contributed by atoms with Crippen molar-refractivity contribution in [2.75, 3.05) is 26.2 Å². The summed E-state index contributed by atoms with van der Waals surface area (Å²) in [4.78, 5) is 27.2. The highest BCUT2D eigenvalue weighted by molar-refractivity contribution is 7.89. The van der Waals surface area contributed by atoms with Crippen molar-refractivity contribution < 1.29 is 18.0 Å². The van der Waals surface area contributed by atoms with Crippen LogP contribution in [-0.4, -0.2) is 61.7 Å². The van der Waals surface area contributed by atoms with E-state index in [0.717, 1.165) is 18.4 Å². The zero-order valence-corrected chi connectivity index (χ0v) is 19.6. The molecule has 0 atom stereocenters. The monoisotopic (exact) mass is 469 g/mol. The maximum atomic E-state index is 12.9. The summed E-state index contributed by atoms with van der Waals surface area (Å²) in [5, 5.41) is 3.09. The van der Waals surface area contributed by atoms with Gasteiger partial charge in [-0.25, -0.2) is 8.42 Å². The third kappa shape index (κ3) is 5.81. The van der Waals surface area contributed by atoms with Gasteiger partial charge in [-0.1, -0.05) is 30.3 Å².